The summed E-state index contributed by atoms with van der Waals surface area (Å²) in [7, 11) is 0. The molecule has 0 saturated heterocycles. The summed E-state index contributed by atoms with van der Waals surface area (Å²) < 4.78 is 0. The molecule has 0 fully saturated rings. The smallest absolute Gasteiger partial charge is 0.123 e. The standard InChI is InChI=1S/C15H15NO/c1-8-6-9(2)13-11(7-8)14-10(15(13)16)4-3-5-12(14)17/h3-7,15,17H,16H2,1-2H3. The predicted octanol–water partition coefficient (Wildman–Crippen LogP) is 3.04. The molecule has 0 bridgehead atoms. The van der Waals surface area contributed by atoms with Crippen LogP contribution >= 0.6 is 0 Å². The number of nitrogens with two attached hydrogens (primary N) is 1. The number of hydrogen-bond donors (Lipinski definition) is 2. The number of phenols is 1. The molecule has 3 N–H and O–H groups in total. The first-order valence-electron chi connectivity index (χ1n) is 5.78. The van der Waals surface area contributed by atoms with Gasteiger partial charge in [0.1, 0.15) is 5.75 Å². The van der Waals surface area contributed by atoms with Gasteiger partial charge < -0.3 is 10.8 Å². The monoisotopic (exact) mass is 225 g/mol. The van der Waals surface area contributed by atoms with Gasteiger partial charge in [-0.2, -0.15) is 0 Å². The zero-order chi connectivity index (χ0) is 12.2. The maximum atomic E-state index is 10.0. The van der Waals surface area contributed by atoms with Crippen molar-refractivity contribution < 1.29 is 5.11 Å². The molecule has 1 aliphatic carbocycles. The molecule has 0 spiro atoms. The van der Waals surface area contributed by atoms with Crippen molar-refractivity contribution in [2.24, 2.45) is 5.73 Å². The van der Waals surface area contributed by atoms with Crippen molar-refractivity contribution in [2.75, 3.05) is 0 Å². The Kier molecular flexibility index (Phi) is 2.04. The average Bonchev–Trinajstić information content (AvgIpc) is 2.54. The van der Waals surface area contributed by atoms with Crippen molar-refractivity contribution in [3.63, 3.8) is 0 Å². The molecule has 17 heavy (non-hydrogen) atoms. The van der Waals surface area contributed by atoms with E-state index in [1.807, 2.05) is 12.1 Å². The Hall–Kier alpha value is -1.80. The van der Waals surface area contributed by atoms with E-state index in [0.29, 0.717) is 5.75 Å². The molecule has 0 heterocycles. The van der Waals surface area contributed by atoms with Crippen LogP contribution in [0.25, 0.3) is 11.1 Å². The molecule has 1 atom stereocenters. The lowest BCUT2D eigenvalue weighted by molar-refractivity contribution is 0.477. The van der Waals surface area contributed by atoms with E-state index in [9.17, 15) is 5.11 Å². The Morgan fingerprint density at radius 3 is 2.71 bits per heavy atom. The molecule has 1 aliphatic rings. The fourth-order valence-electron chi connectivity index (χ4n) is 2.86. The highest BCUT2D eigenvalue weighted by atomic mass is 16.3. The maximum absolute atomic E-state index is 10.0. The summed E-state index contributed by atoms with van der Waals surface area (Å²) in [4.78, 5) is 0. The molecular formula is C15H15NO. The summed E-state index contributed by atoms with van der Waals surface area (Å²) in [5.41, 5.74) is 12.8. The molecule has 2 heteroatoms. The number of benzene rings is 2. The molecule has 0 amide bonds. The van der Waals surface area contributed by atoms with E-state index in [1.54, 1.807) is 6.07 Å². The van der Waals surface area contributed by atoms with Crippen molar-refractivity contribution in [1.82, 2.24) is 0 Å². The highest BCUT2D eigenvalue weighted by Crippen LogP contribution is 2.47. The van der Waals surface area contributed by atoms with Gasteiger partial charge in [0.05, 0.1) is 6.04 Å². The van der Waals surface area contributed by atoms with Gasteiger partial charge in [-0.15, -0.1) is 0 Å². The number of fused-ring (bicyclic) bond motifs is 3. The van der Waals surface area contributed by atoms with Crippen molar-refractivity contribution in [1.29, 1.82) is 0 Å². The van der Waals surface area contributed by atoms with Crippen LogP contribution in [0.3, 0.4) is 0 Å². The molecule has 3 rings (SSSR count). The number of hydrogen-bond acceptors (Lipinski definition) is 2. The van der Waals surface area contributed by atoms with Gasteiger partial charge in [-0.1, -0.05) is 29.8 Å². The van der Waals surface area contributed by atoms with Gasteiger partial charge in [-0.25, -0.2) is 0 Å². The highest BCUT2D eigenvalue weighted by Gasteiger charge is 2.29. The van der Waals surface area contributed by atoms with Gasteiger partial charge in [-0.05, 0) is 42.2 Å². The summed E-state index contributed by atoms with van der Waals surface area (Å²) in [5.74, 6) is 0.321. The average molecular weight is 225 g/mol. The lowest BCUT2D eigenvalue weighted by atomic mass is 9.97. The summed E-state index contributed by atoms with van der Waals surface area (Å²) in [5, 5.41) is 10.0. The van der Waals surface area contributed by atoms with E-state index in [-0.39, 0.29) is 6.04 Å². The lowest BCUT2D eigenvalue weighted by Crippen LogP contribution is -2.09. The second kappa shape index (κ2) is 3.34. The summed E-state index contributed by atoms with van der Waals surface area (Å²) in [6.07, 6.45) is 0. The largest absolute Gasteiger partial charge is 0.507 e. The maximum Gasteiger partial charge on any atom is 0.123 e. The minimum absolute atomic E-state index is 0.118. The molecule has 0 radical (unpaired) electrons. The Bertz CT molecular complexity index is 617. The Morgan fingerprint density at radius 2 is 1.94 bits per heavy atom. The molecule has 86 valence electrons. The molecule has 0 aliphatic heterocycles. The molecule has 0 saturated carbocycles. The summed E-state index contributed by atoms with van der Waals surface area (Å²) >= 11 is 0. The third-order valence-electron chi connectivity index (χ3n) is 3.52. The Balaban J connectivity index is 2.41. The van der Waals surface area contributed by atoms with Crippen LogP contribution in [0.5, 0.6) is 5.75 Å². The fraction of sp³-hybridized carbons (Fsp3) is 0.200. The van der Waals surface area contributed by atoms with Crippen LogP contribution in [0.1, 0.15) is 28.3 Å². The van der Waals surface area contributed by atoms with Crippen LogP contribution in [0.4, 0.5) is 0 Å². The molecule has 2 nitrogen and oxygen atoms in total. The van der Waals surface area contributed by atoms with E-state index in [4.69, 9.17) is 5.73 Å². The minimum atomic E-state index is -0.118. The van der Waals surface area contributed by atoms with E-state index < -0.39 is 0 Å². The first-order chi connectivity index (χ1) is 8.09. The van der Waals surface area contributed by atoms with Crippen LogP contribution in [0.15, 0.2) is 30.3 Å². The predicted molar refractivity (Wildman–Crippen MR) is 69.0 cm³/mol. The van der Waals surface area contributed by atoms with Crippen molar-refractivity contribution in [2.45, 2.75) is 19.9 Å². The minimum Gasteiger partial charge on any atom is -0.507 e. The Morgan fingerprint density at radius 1 is 1.18 bits per heavy atom. The number of rotatable bonds is 0. The van der Waals surface area contributed by atoms with Crippen LogP contribution in [0.2, 0.25) is 0 Å². The first kappa shape index (κ1) is 10.4. The number of aromatic hydroxyl groups is 1. The van der Waals surface area contributed by atoms with Crippen molar-refractivity contribution >= 4 is 0 Å². The van der Waals surface area contributed by atoms with Crippen LogP contribution in [0, 0.1) is 13.8 Å². The van der Waals surface area contributed by atoms with E-state index in [1.165, 1.54) is 11.1 Å². The van der Waals surface area contributed by atoms with E-state index in [2.05, 4.69) is 26.0 Å². The molecular weight excluding hydrogens is 210 g/mol. The van der Waals surface area contributed by atoms with Gasteiger partial charge in [0.2, 0.25) is 0 Å². The summed E-state index contributed by atoms with van der Waals surface area (Å²) in [6, 6.07) is 9.69. The van der Waals surface area contributed by atoms with Crippen molar-refractivity contribution in [3.05, 3.63) is 52.6 Å². The topological polar surface area (TPSA) is 46.2 Å². The summed E-state index contributed by atoms with van der Waals surface area (Å²) in [6.45, 7) is 4.14. The normalized spacial score (nSPS) is 16.8. The van der Waals surface area contributed by atoms with Gasteiger partial charge in [0, 0.05) is 5.56 Å². The highest BCUT2D eigenvalue weighted by molar-refractivity contribution is 5.84. The number of aryl methyl sites for hydroxylation is 2. The third-order valence-corrected chi connectivity index (χ3v) is 3.52. The van der Waals surface area contributed by atoms with Gasteiger partial charge >= 0.3 is 0 Å². The first-order valence-corrected chi connectivity index (χ1v) is 5.78. The van der Waals surface area contributed by atoms with Crippen LogP contribution < -0.4 is 5.73 Å². The second-order valence-electron chi connectivity index (χ2n) is 4.76. The van der Waals surface area contributed by atoms with Crippen LogP contribution in [-0.2, 0) is 0 Å². The molecule has 2 aromatic carbocycles. The molecule has 1 unspecified atom stereocenters. The molecule has 0 aromatic heterocycles. The third kappa shape index (κ3) is 1.31. The van der Waals surface area contributed by atoms with Gasteiger partial charge in [-0.3, -0.25) is 0 Å². The molecule has 2 aromatic rings. The second-order valence-corrected chi connectivity index (χ2v) is 4.76. The van der Waals surface area contributed by atoms with Crippen molar-refractivity contribution in [3.8, 4) is 16.9 Å². The van der Waals surface area contributed by atoms with Gasteiger partial charge in [0.25, 0.3) is 0 Å². The fourth-order valence-corrected chi connectivity index (χ4v) is 2.86. The SMILES string of the molecule is Cc1cc(C)c2c(c1)-c1c(O)cccc1C2N. The Labute approximate surface area is 101 Å². The van der Waals surface area contributed by atoms with Crippen LogP contribution in [-0.4, -0.2) is 5.11 Å². The number of phenolic OH excluding ortho intramolecular Hbond substituents is 1. The quantitative estimate of drug-likeness (QED) is 0.724. The van der Waals surface area contributed by atoms with Gasteiger partial charge in [0.15, 0.2) is 0 Å². The zero-order valence-electron chi connectivity index (χ0n) is 9.99. The zero-order valence-corrected chi connectivity index (χ0v) is 9.99. The lowest BCUT2D eigenvalue weighted by Gasteiger charge is -2.10. The van der Waals surface area contributed by atoms with E-state index in [0.717, 1.165) is 22.3 Å². The van der Waals surface area contributed by atoms with E-state index >= 15 is 0 Å².